The smallest absolute Gasteiger partial charge is 0.225 e. The van der Waals surface area contributed by atoms with E-state index >= 15 is 0 Å². The van der Waals surface area contributed by atoms with Crippen LogP contribution in [0.4, 0.5) is 5.69 Å². The van der Waals surface area contributed by atoms with Crippen molar-refractivity contribution in [1.82, 2.24) is 4.90 Å². The van der Waals surface area contributed by atoms with Crippen molar-refractivity contribution in [3.8, 4) is 0 Å². The van der Waals surface area contributed by atoms with Crippen molar-refractivity contribution in [2.24, 2.45) is 0 Å². The normalized spacial score (nSPS) is 12.2. The summed E-state index contributed by atoms with van der Waals surface area (Å²) >= 11 is 0. The molecule has 1 atom stereocenters. The first-order chi connectivity index (χ1) is 9.06. The van der Waals surface area contributed by atoms with Crippen LogP contribution in [0.25, 0.3) is 0 Å². The van der Waals surface area contributed by atoms with Gasteiger partial charge in [-0.05, 0) is 31.0 Å². The molecule has 0 spiro atoms. The van der Waals surface area contributed by atoms with Gasteiger partial charge in [-0.1, -0.05) is 19.1 Å². The van der Waals surface area contributed by atoms with Crippen molar-refractivity contribution >= 4 is 11.6 Å². The van der Waals surface area contributed by atoms with E-state index in [4.69, 9.17) is 10.5 Å². The second-order valence-corrected chi connectivity index (χ2v) is 4.71. The second kappa shape index (κ2) is 7.79. The van der Waals surface area contributed by atoms with Crippen molar-refractivity contribution in [2.75, 3.05) is 26.0 Å². The lowest BCUT2D eigenvalue weighted by molar-refractivity contribution is -0.132. The molecule has 0 bridgehead atoms. The molecule has 19 heavy (non-hydrogen) atoms. The third kappa shape index (κ3) is 4.91. The first kappa shape index (κ1) is 15.5. The summed E-state index contributed by atoms with van der Waals surface area (Å²) in [6.07, 6.45) is 1.40. The predicted molar refractivity (Wildman–Crippen MR) is 77.8 cm³/mol. The fourth-order valence-corrected chi connectivity index (χ4v) is 1.84. The monoisotopic (exact) mass is 264 g/mol. The third-order valence-electron chi connectivity index (χ3n) is 3.18. The molecule has 1 amide bonds. The van der Waals surface area contributed by atoms with Gasteiger partial charge in [0.2, 0.25) is 5.91 Å². The Morgan fingerprint density at radius 2 is 2.16 bits per heavy atom. The van der Waals surface area contributed by atoms with Crippen molar-refractivity contribution in [3.63, 3.8) is 0 Å². The first-order valence-electron chi connectivity index (χ1n) is 6.75. The molecule has 0 saturated carbocycles. The van der Waals surface area contributed by atoms with Crippen LogP contribution in [0.3, 0.4) is 0 Å². The van der Waals surface area contributed by atoms with E-state index in [1.165, 1.54) is 0 Å². The molecule has 2 N–H and O–H groups in total. The lowest BCUT2D eigenvalue weighted by Crippen LogP contribution is -2.30. The molecule has 0 fully saturated rings. The molecule has 0 heterocycles. The fraction of sp³-hybridized carbons (Fsp3) is 0.533. The number of rotatable bonds is 7. The number of carbonyl (C=O) groups is 1. The number of amides is 1. The summed E-state index contributed by atoms with van der Waals surface area (Å²) < 4.78 is 5.34. The highest BCUT2D eigenvalue weighted by Crippen LogP contribution is 2.21. The van der Waals surface area contributed by atoms with Gasteiger partial charge in [0.15, 0.2) is 0 Å². The number of ether oxygens (including phenoxy) is 1. The second-order valence-electron chi connectivity index (χ2n) is 4.71. The number of nitrogens with two attached hydrogens (primary N) is 1. The van der Waals surface area contributed by atoms with E-state index in [-0.39, 0.29) is 11.9 Å². The van der Waals surface area contributed by atoms with Gasteiger partial charge in [0, 0.05) is 19.3 Å². The molecular weight excluding hydrogens is 240 g/mol. The number of carbonyl (C=O) groups excluding carboxylic acids is 1. The topological polar surface area (TPSA) is 55.6 Å². The van der Waals surface area contributed by atoms with Crippen molar-refractivity contribution < 1.29 is 9.53 Å². The third-order valence-corrected chi connectivity index (χ3v) is 3.18. The molecule has 1 aromatic carbocycles. The summed E-state index contributed by atoms with van der Waals surface area (Å²) in [6.45, 7) is 5.25. The highest BCUT2D eigenvalue weighted by Gasteiger charge is 2.17. The van der Waals surface area contributed by atoms with Crippen molar-refractivity contribution in [3.05, 3.63) is 29.8 Å². The standard InChI is InChI=1S/C15H24N2O2/c1-4-9-19-10-8-15(18)17(3)12(2)13-6-5-7-14(16)11-13/h5-7,11-12H,4,8-10,16H2,1-3H3. The number of hydrogen-bond donors (Lipinski definition) is 1. The molecule has 0 aromatic heterocycles. The van der Waals surface area contributed by atoms with Crippen LogP contribution in [0.2, 0.25) is 0 Å². The maximum absolute atomic E-state index is 12.0. The zero-order valence-electron chi connectivity index (χ0n) is 12.1. The maximum Gasteiger partial charge on any atom is 0.225 e. The Morgan fingerprint density at radius 3 is 2.79 bits per heavy atom. The van der Waals surface area contributed by atoms with E-state index in [0.717, 1.165) is 17.7 Å². The minimum absolute atomic E-state index is 0.0159. The Hall–Kier alpha value is -1.55. The van der Waals surface area contributed by atoms with Crippen LogP contribution >= 0.6 is 0 Å². The summed E-state index contributed by atoms with van der Waals surface area (Å²) in [5.41, 5.74) is 7.53. The zero-order chi connectivity index (χ0) is 14.3. The lowest BCUT2D eigenvalue weighted by atomic mass is 10.1. The average Bonchev–Trinajstić information content (AvgIpc) is 2.41. The summed E-state index contributed by atoms with van der Waals surface area (Å²) in [5.74, 6) is 0.0889. The number of anilines is 1. The highest BCUT2D eigenvalue weighted by atomic mass is 16.5. The van der Waals surface area contributed by atoms with Gasteiger partial charge in [0.1, 0.15) is 0 Å². The maximum atomic E-state index is 12.0. The molecule has 0 aliphatic rings. The molecule has 0 radical (unpaired) electrons. The molecule has 0 saturated heterocycles. The molecule has 1 aromatic rings. The highest BCUT2D eigenvalue weighted by molar-refractivity contribution is 5.76. The molecule has 4 heteroatoms. The molecule has 1 unspecified atom stereocenters. The molecule has 0 aliphatic carbocycles. The van der Waals surface area contributed by atoms with E-state index in [9.17, 15) is 4.79 Å². The van der Waals surface area contributed by atoms with Gasteiger partial charge >= 0.3 is 0 Å². The average molecular weight is 264 g/mol. The summed E-state index contributed by atoms with van der Waals surface area (Å²) in [4.78, 5) is 13.8. The van der Waals surface area contributed by atoms with Gasteiger partial charge in [-0.25, -0.2) is 0 Å². The van der Waals surface area contributed by atoms with Gasteiger partial charge in [-0.3, -0.25) is 4.79 Å². The Balaban J connectivity index is 2.51. The lowest BCUT2D eigenvalue weighted by Gasteiger charge is -2.25. The first-order valence-corrected chi connectivity index (χ1v) is 6.75. The predicted octanol–water partition coefficient (Wildman–Crippen LogP) is 2.60. The zero-order valence-corrected chi connectivity index (χ0v) is 12.1. The van der Waals surface area contributed by atoms with Gasteiger partial charge in [-0.15, -0.1) is 0 Å². The minimum Gasteiger partial charge on any atom is -0.399 e. The van der Waals surface area contributed by atoms with Crippen LogP contribution in [0, 0.1) is 0 Å². The summed E-state index contributed by atoms with van der Waals surface area (Å²) in [5, 5.41) is 0. The minimum atomic E-state index is 0.0159. The Kier molecular flexibility index (Phi) is 6.36. The van der Waals surface area contributed by atoms with Crippen LogP contribution in [0.5, 0.6) is 0 Å². The molecule has 106 valence electrons. The largest absolute Gasteiger partial charge is 0.399 e. The Labute approximate surface area is 115 Å². The van der Waals surface area contributed by atoms with Crippen molar-refractivity contribution in [2.45, 2.75) is 32.7 Å². The van der Waals surface area contributed by atoms with Crippen molar-refractivity contribution in [1.29, 1.82) is 0 Å². The van der Waals surface area contributed by atoms with Crippen LogP contribution in [-0.4, -0.2) is 31.1 Å². The van der Waals surface area contributed by atoms with Gasteiger partial charge in [0.05, 0.1) is 19.1 Å². The number of hydrogen-bond acceptors (Lipinski definition) is 3. The number of benzene rings is 1. The summed E-state index contributed by atoms with van der Waals surface area (Å²) in [6, 6.07) is 7.66. The van der Waals surface area contributed by atoms with Gasteiger partial charge < -0.3 is 15.4 Å². The molecular formula is C15H24N2O2. The molecule has 4 nitrogen and oxygen atoms in total. The van der Waals surface area contributed by atoms with Gasteiger partial charge in [-0.2, -0.15) is 0 Å². The fourth-order valence-electron chi connectivity index (χ4n) is 1.84. The van der Waals surface area contributed by atoms with E-state index in [2.05, 4.69) is 6.92 Å². The SMILES string of the molecule is CCCOCCC(=O)N(C)C(C)c1cccc(N)c1. The van der Waals surface area contributed by atoms with E-state index in [1.807, 2.05) is 38.2 Å². The summed E-state index contributed by atoms with van der Waals surface area (Å²) in [7, 11) is 1.82. The van der Waals surface area contributed by atoms with E-state index < -0.39 is 0 Å². The molecule has 0 aliphatic heterocycles. The number of nitrogens with zero attached hydrogens (tertiary/aromatic N) is 1. The van der Waals surface area contributed by atoms with Gasteiger partial charge in [0.25, 0.3) is 0 Å². The Bertz CT molecular complexity index is 407. The van der Waals surface area contributed by atoms with Crippen LogP contribution in [-0.2, 0) is 9.53 Å². The number of nitrogen functional groups attached to an aromatic ring is 1. The molecule has 1 rings (SSSR count). The quantitative estimate of drug-likeness (QED) is 0.608. The van der Waals surface area contributed by atoms with Crippen LogP contribution in [0.15, 0.2) is 24.3 Å². The van der Waals surface area contributed by atoms with E-state index in [1.54, 1.807) is 4.90 Å². The Morgan fingerprint density at radius 1 is 1.42 bits per heavy atom. The van der Waals surface area contributed by atoms with Crippen LogP contribution < -0.4 is 5.73 Å². The van der Waals surface area contributed by atoms with Crippen LogP contribution in [0.1, 0.15) is 38.3 Å². The van der Waals surface area contributed by atoms with E-state index in [0.29, 0.717) is 19.6 Å².